The Morgan fingerprint density at radius 1 is 1.10 bits per heavy atom. The molecule has 0 spiro atoms. The van der Waals surface area contributed by atoms with E-state index in [0.717, 1.165) is 50.2 Å². The molecule has 1 saturated heterocycles. The van der Waals surface area contributed by atoms with Gasteiger partial charge < -0.3 is 15.1 Å². The number of benzene rings is 1. The van der Waals surface area contributed by atoms with Gasteiger partial charge in [-0.2, -0.15) is 0 Å². The molecule has 6 heteroatoms. The molecule has 1 aliphatic carbocycles. The van der Waals surface area contributed by atoms with Crippen LogP contribution in [0, 0.1) is 0 Å². The summed E-state index contributed by atoms with van der Waals surface area (Å²) < 4.78 is 0. The first-order valence-corrected chi connectivity index (χ1v) is 10.5. The molecule has 2 aromatic rings. The normalized spacial score (nSPS) is 16.4. The monoisotopic (exact) mass is 392 g/mol. The fourth-order valence-electron chi connectivity index (χ4n) is 3.73. The molecule has 1 saturated carbocycles. The van der Waals surface area contributed by atoms with Crippen molar-refractivity contribution in [3.63, 3.8) is 0 Å². The minimum Gasteiger partial charge on any atom is -0.356 e. The smallest absolute Gasteiger partial charge is 0.257 e. The van der Waals surface area contributed by atoms with E-state index in [-0.39, 0.29) is 11.8 Å². The number of pyridine rings is 1. The van der Waals surface area contributed by atoms with Crippen LogP contribution in [0.25, 0.3) is 0 Å². The second kappa shape index (κ2) is 8.64. The van der Waals surface area contributed by atoms with Crippen LogP contribution in [0.5, 0.6) is 0 Å². The fourth-order valence-corrected chi connectivity index (χ4v) is 3.73. The summed E-state index contributed by atoms with van der Waals surface area (Å²) in [6.07, 6.45) is 7.42. The van der Waals surface area contributed by atoms with E-state index in [9.17, 15) is 9.59 Å². The zero-order chi connectivity index (χ0) is 20.2. The van der Waals surface area contributed by atoms with Gasteiger partial charge in [0.25, 0.3) is 11.8 Å². The van der Waals surface area contributed by atoms with Crippen LogP contribution in [0.2, 0.25) is 0 Å². The Bertz CT molecular complexity index is 871. The molecule has 0 unspecified atom stereocenters. The lowest BCUT2D eigenvalue weighted by Gasteiger charge is -2.30. The highest BCUT2D eigenvalue weighted by Gasteiger charge is 2.24. The van der Waals surface area contributed by atoms with Crippen molar-refractivity contribution in [2.24, 2.45) is 0 Å². The van der Waals surface area contributed by atoms with Gasteiger partial charge in [-0.15, -0.1) is 0 Å². The summed E-state index contributed by atoms with van der Waals surface area (Å²) in [6, 6.07) is 11.5. The molecule has 4 rings (SSSR count). The molecular formula is C23H28N4O2. The fraction of sp³-hybridized carbons (Fsp3) is 0.435. The topological polar surface area (TPSA) is 65.5 Å². The minimum atomic E-state index is -0.0331. The Morgan fingerprint density at radius 2 is 1.83 bits per heavy atom. The Morgan fingerprint density at radius 3 is 2.52 bits per heavy atom. The second-order valence-corrected chi connectivity index (χ2v) is 8.03. The number of hydrogen-bond donors (Lipinski definition) is 1. The summed E-state index contributed by atoms with van der Waals surface area (Å²) in [5.41, 5.74) is 2.30. The third kappa shape index (κ3) is 4.75. The van der Waals surface area contributed by atoms with E-state index >= 15 is 0 Å². The van der Waals surface area contributed by atoms with Crippen LogP contribution in [0.4, 0.5) is 5.82 Å². The van der Waals surface area contributed by atoms with Crippen molar-refractivity contribution < 1.29 is 9.59 Å². The van der Waals surface area contributed by atoms with Gasteiger partial charge in [-0.1, -0.05) is 12.1 Å². The highest BCUT2D eigenvalue weighted by molar-refractivity contribution is 5.98. The number of anilines is 1. The minimum absolute atomic E-state index is 0.0231. The number of carbonyl (C=O) groups is 2. The van der Waals surface area contributed by atoms with E-state index in [1.54, 1.807) is 11.1 Å². The van der Waals surface area contributed by atoms with Gasteiger partial charge in [-0.05, 0) is 61.9 Å². The van der Waals surface area contributed by atoms with Gasteiger partial charge >= 0.3 is 0 Å². The van der Waals surface area contributed by atoms with Crippen LogP contribution in [0.15, 0.2) is 42.6 Å². The van der Waals surface area contributed by atoms with E-state index < -0.39 is 0 Å². The standard InChI is InChI=1S/C23H28N4O2/c1-26(16-17-7-9-18(10-8-17)22(28)25-19-11-12-19)23(29)20-6-5-13-24-21(20)27-14-3-2-4-15-27/h5-10,13,19H,2-4,11-12,14-16H2,1H3,(H,25,28). The number of nitrogens with zero attached hydrogens (tertiary/aromatic N) is 3. The molecule has 1 aromatic heterocycles. The summed E-state index contributed by atoms with van der Waals surface area (Å²) in [7, 11) is 1.81. The molecule has 2 fully saturated rings. The molecule has 0 radical (unpaired) electrons. The first-order chi connectivity index (χ1) is 14.1. The lowest BCUT2D eigenvalue weighted by atomic mass is 10.1. The Hall–Kier alpha value is -2.89. The molecular weight excluding hydrogens is 364 g/mol. The zero-order valence-corrected chi connectivity index (χ0v) is 16.9. The molecule has 1 N–H and O–H groups in total. The Labute approximate surface area is 171 Å². The zero-order valence-electron chi connectivity index (χ0n) is 16.9. The first kappa shape index (κ1) is 19.4. The van der Waals surface area contributed by atoms with Crippen molar-refractivity contribution in [2.75, 3.05) is 25.0 Å². The van der Waals surface area contributed by atoms with Crippen molar-refractivity contribution in [1.82, 2.24) is 15.2 Å². The molecule has 2 heterocycles. The van der Waals surface area contributed by atoms with E-state index in [2.05, 4.69) is 15.2 Å². The van der Waals surface area contributed by atoms with Crippen LogP contribution in [-0.4, -0.2) is 47.9 Å². The number of hydrogen-bond acceptors (Lipinski definition) is 4. The van der Waals surface area contributed by atoms with Gasteiger partial charge in [0, 0.05) is 44.5 Å². The van der Waals surface area contributed by atoms with E-state index in [1.807, 2.05) is 43.4 Å². The third-order valence-corrected chi connectivity index (χ3v) is 5.57. The van der Waals surface area contributed by atoms with Crippen LogP contribution in [0.3, 0.4) is 0 Å². The van der Waals surface area contributed by atoms with Crippen LogP contribution in [0.1, 0.15) is 58.4 Å². The molecule has 29 heavy (non-hydrogen) atoms. The van der Waals surface area contributed by atoms with Gasteiger partial charge in [-0.3, -0.25) is 9.59 Å². The summed E-state index contributed by atoms with van der Waals surface area (Å²) in [6.45, 7) is 2.38. The predicted octanol–water partition coefficient (Wildman–Crippen LogP) is 3.24. The maximum Gasteiger partial charge on any atom is 0.257 e. The lowest BCUT2D eigenvalue weighted by molar-refractivity contribution is 0.0784. The molecule has 2 amide bonds. The average Bonchev–Trinajstić information content (AvgIpc) is 3.58. The van der Waals surface area contributed by atoms with Gasteiger partial charge in [0.15, 0.2) is 0 Å². The van der Waals surface area contributed by atoms with Crippen LogP contribution in [-0.2, 0) is 6.54 Å². The number of amides is 2. The van der Waals surface area contributed by atoms with Crippen molar-refractivity contribution in [2.45, 2.75) is 44.7 Å². The van der Waals surface area contributed by atoms with Gasteiger partial charge in [-0.25, -0.2) is 4.98 Å². The average molecular weight is 393 g/mol. The summed E-state index contributed by atoms with van der Waals surface area (Å²) in [4.78, 5) is 33.7. The van der Waals surface area contributed by atoms with Crippen molar-refractivity contribution in [3.05, 3.63) is 59.3 Å². The van der Waals surface area contributed by atoms with E-state index in [0.29, 0.717) is 23.7 Å². The predicted molar refractivity (Wildman–Crippen MR) is 113 cm³/mol. The van der Waals surface area contributed by atoms with Gasteiger partial charge in [0.2, 0.25) is 0 Å². The molecule has 1 aliphatic heterocycles. The quantitative estimate of drug-likeness (QED) is 0.820. The molecule has 1 aromatic carbocycles. The molecule has 152 valence electrons. The molecule has 0 atom stereocenters. The van der Waals surface area contributed by atoms with Crippen molar-refractivity contribution in [3.8, 4) is 0 Å². The van der Waals surface area contributed by atoms with E-state index in [1.165, 1.54) is 6.42 Å². The summed E-state index contributed by atoms with van der Waals surface area (Å²) in [5.74, 6) is 0.732. The SMILES string of the molecule is CN(Cc1ccc(C(=O)NC2CC2)cc1)C(=O)c1cccnc1N1CCCCC1. The Kier molecular flexibility index (Phi) is 5.79. The van der Waals surface area contributed by atoms with E-state index in [4.69, 9.17) is 0 Å². The maximum absolute atomic E-state index is 13.1. The Balaban J connectivity index is 1.42. The highest BCUT2D eigenvalue weighted by atomic mass is 16.2. The number of nitrogens with one attached hydrogen (secondary N) is 1. The van der Waals surface area contributed by atoms with Gasteiger partial charge in [0.05, 0.1) is 5.56 Å². The maximum atomic E-state index is 13.1. The summed E-state index contributed by atoms with van der Waals surface area (Å²) >= 11 is 0. The number of piperidine rings is 1. The van der Waals surface area contributed by atoms with Crippen LogP contribution < -0.4 is 10.2 Å². The number of carbonyl (C=O) groups excluding carboxylic acids is 2. The molecule has 0 bridgehead atoms. The number of aromatic nitrogens is 1. The highest BCUT2D eigenvalue weighted by Crippen LogP contribution is 2.23. The lowest BCUT2D eigenvalue weighted by Crippen LogP contribution is -2.34. The second-order valence-electron chi connectivity index (χ2n) is 8.03. The summed E-state index contributed by atoms with van der Waals surface area (Å²) in [5, 5.41) is 2.99. The van der Waals surface area contributed by atoms with Crippen LogP contribution >= 0.6 is 0 Å². The van der Waals surface area contributed by atoms with Crippen molar-refractivity contribution in [1.29, 1.82) is 0 Å². The van der Waals surface area contributed by atoms with Gasteiger partial charge in [0.1, 0.15) is 5.82 Å². The third-order valence-electron chi connectivity index (χ3n) is 5.57. The van der Waals surface area contributed by atoms with Crippen molar-refractivity contribution >= 4 is 17.6 Å². The largest absolute Gasteiger partial charge is 0.356 e. The first-order valence-electron chi connectivity index (χ1n) is 10.5. The molecule has 6 nitrogen and oxygen atoms in total. The molecule has 2 aliphatic rings. The number of rotatable bonds is 6.